The maximum absolute atomic E-state index is 10.7. The molecular formula is C7H16N2O. The molecule has 0 radical (unpaired) electrons. The van der Waals surface area contributed by atoms with E-state index in [4.69, 9.17) is 11.5 Å². The Morgan fingerprint density at radius 3 is 2.10 bits per heavy atom. The van der Waals surface area contributed by atoms with Crippen LogP contribution in [0.3, 0.4) is 0 Å². The standard InChI is InChI=1S/C7H16N2O/c1-5(2)4-7(3,9)6(8)10/h5H,4,9H2,1-3H3,(H2,8,10). The Kier molecular flexibility index (Phi) is 2.84. The van der Waals surface area contributed by atoms with E-state index in [1.54, 1.807) is 6.92 Å². The van der Waals surface area contributed by atoms with Crippen LogP contribution in [0.1, 0.15) is 27.2 Å². The average molecular weight is 144 g/mol. The maximum Gasteiger partial charge on any atom is 0.237 e. The summed E-state index contributed by atoms with van der Waals surface area (Å²) in [5.41, 5.74) is 9.80. The van der Waals surface area contributed by atoms with Crippen LogP contribution in [0.4, 0.5) is 0 Å². The van der Waals surface area contributed by atoms with E-state index >= 15 is 0 Å². The number of hydrogen-bond acceptors (Lipinski definition) is 2. The molecule has 0 bridgehead atoms. The molecule has 0 aromatic rings. The zero-order chi connectivity index (χ0) is 8.36. The second-order valence-electron chi connectivity index (χ2n) is 3.38. The van der Waals surface area contributed by atoms with E-state index in [1.807, 2.05) is 13.8 Å². The van der Waals surface area contributed by atoms with Gasteiger partial charge in [0.1, 0.15) is 0 Å². The van der Waals surface area contributed by atoms with Gasteiger partial charge in [0, 0.05) is 0 Å². The summed E-state index contributed by atoms with van der Waals surface area (Å²) >= 11 is 0. The summed E-state index contributed by atoms with van der Waals surface area (Å²) in [5, 5.41) is 0. The summed E-state index contributed by atoms with van der Waals surface area (Å²) in [6.45, 7) is 5.68. The Morgan fingerprint density at radius 1 is 1.60 bits per heavy atom. The third kappa shape index (κ3) is 2.82. The lowest BCUT2D eigenvalue weighted by molar-refractivity contribution is -0.123. The molecule has 0 aliphatic rings. The molecule has 4 N–H and O–H groups in total. The predicted octanol–water partition coefficient (Wildman–Crippen LogP) is 0.235. The molecule has 0 saturated heterocycles. The molecule has 0 fully saturated rings. The number of amides is 1. The van der Waals surface area contributed by atoms with Crippen LogP contribution in [0.5, 0.6) is 0 Å². The molecule has 0 aliphatic heterocycles. The predicted molar refractivity (Wildman–Crippen MR) is 41.2 cm³/mol. The quantitative estimate of drug-likeness (QED) is 0.595. The Balaban J connectivity index is 4.00. The Morgan fingerprint density at radius 2 is 2.00 bits per heavy atom. The van der Waals surface area contributed by atoms with E-state index in [1.165, 1.54) is 0 Å². The molecule has 0 rings (SSSR count). The van der Waals surface area contributed by atoms with Crippen molar-refractivity contribution in [3.8, 4) is 0 Å². The number of hydrogen-bond donors (Lipinski definition) is 2. The second kappa shape index (κ2) is 3.01. The fourth-order valence-electron chi connectivity index (χ4n) is 0.949. The molecule has 60 valence electrons. The van der Waals surface area contributed by atoms with E-state index in [0.717, 1.165) is 0 Å². The molecule has 0 aliphatic carbocycles. The van der Waals surface area contributed by atoms with Crippen LogP contribution in [0.25, 0.3) is 0 Å². The molecule has 3 heteroatoms. The first kappa shape index (κ1) is 9.43. The minimum atomic E-state index is -0.839. The number of nitrogens with two attached hydrogens (primary N) is 2. The minimum Gasteiger partial charge on any atom is -0.368 e. The Bertz CT molecular complexity index is 130. The van der Waals surface area contributed by atoms with Crippen molar-refractivity contribution in [2.45, 2.75) is 32.7 Å². The molecule has 3 nitrogen and oxygen atoms in total. The highest BCUT2D eigenvalue weighted by atomic mass is 16.1. The van der Waals surface area contributed by atoms with Crippen LogP contribution >= 0.6 is 0 Å². The zero-order valence-electron chi connectivity index (χ0n) is 6.85. The summed E-state index contributed by atoms with van der Waals surface area (Å²) in [6.07, 6.45) is 0.641. The number of rotatable bonds is 3. The second-order valence-corrected chi connectivity index (χ2v) is 3.38. The maximum atomic E-state index is 10.7. The highest BCUT2D eigenvalue weighted by molar-refractivity contribution is 5.83. The molecule has 0 heterocycles. The van der Waals surface area contributed by atoms with Gasteiger partial charge in [-0.05, 0) is 19.3 Å². The van der Waals surface area contributed by atoms with Crippen LogP contribution in [0.15, 0.2) is 0 Å². The first-order valence-electron chi connectivity index (χ1n) is 3.45. The van der Waals surface area contributed by atoms with Crippen LogP contribution < -0.4 is 11.5 Å². The van der Waals surface area contributed by atoms with Gasteiger partial charge in [-0.2, -0.15) is 0 Å². The van der Waals surface area contributed by atoms with Gasteiger partial charge in [-0.3, -0.25) is 4.79 Å². The molecular weight excluding hydrogens is 128 g/mol. The lowest BCUT2D eigenvalue weighted by Crippen LogP contribution is -2.50. The Hall–Kier alpha value is -0.570. The molecule has 1 unspecified atom stereocenters. The van der Waals surface area contributed by atoms with Gasteiger partial charge < -0.3 is 11.5 Å². The van der Waals surface area contributed by atoms with Crippen molar-refractivity contribution in [3.05, 3.63) is 0 Å². The van der Waals surface area contributed by atoms with Crippen molar-refractivity contribution in [1.29, 1.82) is 0 Å². The molecule has 10 heavy (non-hydrogen) atoms. The number of carbonyl (C=O) groups excluding carboxylic acids is 1. The van der Waals surface area contributed by atoms with Gasteiger partial charge in [0.2, 0.25) is 5.91 Å². The van der Waals surface area contributed by atoms with E-state index in [2.05, 4.69) is 0 Å². The first-order chi connectivity index (χ1) is 4.36. The van der Waals surface area contributed by atoms with Crippen molar-refractivity contribution in [1.82, 2.24) is 0 Å². The number of primary amides is 1. The van der Waals surface area contributed by atoms with Crippen LogP contribution in [-0.2, 0) is 4.79 Å². The monoisotopic (exact) mass is 144 g/mol. The molecule has 0 saturated carbocycles. The van der Waals surface area contributed by atoms with Crippen molar-refractivity contribution in [2.75, 3.05) is 0 Å². The van der Waals surface area contributed by atoms with E-state index in [9.17, 15) is 4.79 Å². The lowest BCUT2D eigenvalue weighted by atomic mass is 9.91. The molecule has 1 amide bonds. The SMILES string of the molecule is CC(C)CC(C)(N)C(N)=O. The average Bonchev–Trinajstić information content (AvgIpc) is 1.60. The molecule has 0 spiro atoms. The van der Waals surface area contributed by atoms with Gasteiger partial charge in [-0.1, -0.05) is 13.8 Å². The summed E-state index contributed by atoms with van der Waals surface area (Å²) in [6, 6.07) is 0. The summed E-state index contributed by atoms with van der Waals surface area (Å²) in [4.78, 5) is 10.7. The fraction of sp³-hybridized carbons (Fsp3) is 0.857. The van der Waals surface area contributed by atoms with E-state index < -0.39 is 11.4 Å². The normalized spacial score (nSPS) is 16.9. The summed E-state index contributed by atoms with van der Waals surface area (Å²) in [7, 11) is 0. The van der Waals surface area contributed by atoms with Gasteiger partial charge in [0.15, 0.2) is 0 Å². The van der Waals surface area contributed by atoms with Crippen molar-refractivity contribution >= 4 is 5.91 Å². The number of carbonyl (C=O) groups is 1. The first-order valence-corrected chi connectivity index (χ1v) is 3.45. The highest BCUT2D eigenvalue weighted by Gasteiger charge is 2.26. The summed E-state index contributed by atoms with van der Waals surface area (Å²) in [5.74, 6) is -0.0244. The van der Waals surface area contributed by atoms with E-state index in [-0.39, 0.29) is 0 Å². The molecule has 0 aromatic carbocycles. The van der Waals surface area contributed by atoms with Gasteiger partial charge in [-0.25, -0.2) is 0 Å². The highest BCUT2D eigenvalue weighted by Crippen LogP contribution is 2.12. The van der Waals surface area contributed by atoms with Crippen molar-refractivity contribution < 1.29 is 4.79 Å². The Labute approximate surface area is 61.8 Å². The van der Waals surface area contributed by atoms with Gasteiger partial charge in [-0.15, -0.1) is 0 Å². The lowest BCUT2D eigenvalue weighted by Gasteiger charge is -2.22. The van der Waals surface area contributed by atoms with Crippen LogP contribution in [-0.4, -0.2) is 11.4 Å². The minimum absolute atomic E-state index is 0.405. The van der Waals surface area contributed by atoms with Crippen molar-refractivity contribution in [3.63, 3.8) is 0 Å². The van der Waals surface area contributed by atoms with Gasteiger partial charge in [0.05, 0.1) is 5.54 Å². The topological polar surface area (TPSA) is 69.1 Å². The largest absolute Gasteiger partial charge is 0.368 e. The van der Waals surface area contributed by atoms with E-state index in [0.29, 0.717) is 12.3 Å². The van der Waals surface area contributed by atoms with Crippen LogP contribution in [0, 0.1) is 5.92 Å². The molecule has 1 atom stereocenters. The third-order valence-corrected chi connectivity index (χ3v) is 1.40. The fourth-order valence-corrected chi connectivity index (χ4v) is 0.949. The summed E-state index contributed by atoms with van der Waals surface area (Å²) < 4.78 is 0. The molecule has 0 aromatic heterocycles. The van der Waals surface area contributed by atoms with Gasteiger partial charge in [0.25, 0.3) is 0 Å². The zero-order valence-corrected chi connectivity index (χ0v) is 6.85. The van der Waals surface area contributed by atoms with Crippen molar-refractivity contribution in [2.24, 2.45) is 17.4 Å². The smallest absolute Gasteiger partial charge is 0.237 e. The third-order valence-electron chi connectivity index (χ3n) is 1.40. The van der Waals surface area contributed by atoms with Gasteiger partial charge >= 0.3 is 0 Å². The van der Waals surface area contributed by atoms with Crippen LogP contribution in [0.2, 0.25) is 0 Å².